The third-order valence-corrected chi connectivity index (χ3v) is 2.63. The highest BCUT2D eigenvalue weighted by Gasteiger charge is 2.27. The molecule has 1 fully saturated rings. The molecule has 0 saturated carbocycles. The van der Waals surface area contributed by atoms with Gasteiger partial charge in [0.25, 0.3) is 0 Å². The van der Waals surface area contributed by atoms with Gasteiger partial charge in [-0.05, 0) is 13.5 Å². The summed E-state index contributed by atoms with van der Waals surface area (Å²) >= 11 is 0. The molecule has 0 radical (unpaired) electrons. The van der Waals surface area contributed by atoms with Crippen LogP contribution in [0.5, 0.6) is 0 Å². The topological polar surface area (TPSA) is 52.6 Å². The molecule has 13 heavy (non-hydrogen) atoms. The maximum Gasteiger partial charge on any atom is 0.304 e. The van der Waals surface area contributed by atoms with Crippen LogP contribution in [-0.4, -0.2) is 47.7 Å². The number of carbonyl (C=O) groups is 1. The molecule has 0 aromatic heterocycles. The van der Waals surface area contributed by atoms with Crippen molar-refractivity contribution < 1.29 is 9.90 Å². The standard InChI is InChI=1S/C9H18N2O2/c1-3-11-7(2)5-10-6-8(11)4-9(12)13/h7-8,10H,3-6H2,1-2H3,(H,12,13). The molecule has 0 spiro atoms. The smallest absolute Gasteiger partial charge is 0.304 e. The van der Waals surface area contributed by atoms with Crippen molar-refractivity contribution in [2.24, 2.45) is 0 Å². The second-order valence-electron chi connectivity index (χ2n) is 3.59. The minimum absolute atomic E-state index is 0.159. The summed E-state index contributed by atoms with van der Waals surface area (Å²) in [6.45, 7) is 6.90. The molecule has 0 aromatic rings. The fraction of sp³-hybridized carbons (Fsp3) is 0.889. The summed E-state index contributed by atoms with van der Waals surface area (Å²) in [5.74, 6) is -0.709. The third kappa shape index (κ3) is 2.67. The molecule has 2 atom stereocenters. The number of likely N-dealkylation sites (N-methyl/N-ethyl adjacent to an activating group) is 1. The van der Waals surface area contributed by atoms with Crippen LogP contribution in [0.15, 0.2) is 0 Å². The molecule has 1 aliphatic heterocycles. The maximum absolute atomic E-state index is 10.6. The number of hydrogen-bond donors (Lipinski definition) is 2. The van der Waals surface area contributed by atoms with E-state index in [9.17, 15) is 4.79 Å². The number of carboxylic acids is 1. The Balaban J connectivity index is 2.53. The molecular weight excluding hydrogens is 168 g/mol. The Morgan fingerprint density at radius 2 is 2.31 bits per heavy atom. The molecule has 1 saturated heterocycles. The van der Waals surface area contributed by atoms with Gasteiger partial charge in [0.2, 0.25) is 0 Å². The van der Waals surface area contributed by atoms with Gasteiger partial charge in [-0.2, -0.15) is 0 Å². The Hall–Kier alpha value is -0.610. The van der Waals surface area contributed by atoms with Gasteiger partial charge in [0, 0.05) is 25.2 Å². The molecule has 0 amide bonds. The van der Waals surface area contributed by atoms with E-state index in [2.05, 4.69) is 24.1 Å². The molecule has 2 unspecified atom stereocenters. The van der Waals surface area contributed by atoms with Crippen LogP contribution in [0.4, 0.5) is 0 Å². The van der Waals surface area contributed by atoms with E-state index in [1.54, 1.807) is 0 Å². The second-order valence-corrected chi connectivity index (χ2v) is 3.59. The zero-order valence-corrected chi connectivity index (χ0v) is 8.29. The third-order valence-electron chi connectivity index (χ3n) is 2.63. The van der Waals surface area contributed by atoms with Crippen molar-refractivity contribution in [1.29, 1.82) is 0 Å². The van der Waals surface area contributed by atoms with Crippen LogP contribution >= 0.6 is 0 Å². The number of nitrogens with one attached hydrogen (secondary N) is 1. The fourth-order valence-electron chi connectivity index (χ4n) is 2.01. The molecular formula is C9H18N2O2. The first kappa shape index (κ1) is 10.5. The molecule has 0 bridgehead atoms. The molecule has 0 aliphatic carbocycles. The quantitative estimate of drug-likeness (QED) is 0.658. The van der Waals surface area contributed by atoms with Crippen LogP contribution in [0.3, 0.4) is 0 Å². The van der Waals surface area contributed by atoms with Crippen molar-refractivity contribution >= 4 is 5.97 Å². The minimum atomic E-state index is -0.709. The Morgan fingerprint density at radius 3 is 2.85 bits per heavy atom. The zero-order valence-electron chi connectivity index (χ0n) is 8.29. The lowest BCUT2D eigenvalue weighted by Crippen LogP contribution is -2.56. The Kier molecular flexibility index (Phi) is 3.69. The first-order valence-electron chi connectivity index (χ1n) is 4.83. The van der Waals surface area contributed by atoms with Gasteiger partial charge in [-0.15, -0.1) is 0 Å². The number of carboxylic acid groups (broad SMARTS) is 1. The monoisotopic (exact) mass is 186 g/mol. The lowest BCUT2D eigenvalue weighted by Gasteiger charge is -2.39. The van der Waals surface area contributed by atoms with Gasteiger partial charge in [0.05, 0.1) is 6.42 Å². The van der Waals surface area contributed by atoms with Crippen LogP contribution in [0.25, 0.3) is 0 Å². The van der Waals surface area contributed by atoms with Crippen LogP contribution in [0, 0.1) is 0 Å². The van der Waals surface area contributed by atoms with Crippen LogP contribution < -0.4 is 5.32 Å². The van der Waals surface area contributed by atoms with Gasteiger partial charge < -0.3 is 10.4 Å². The van der Waals surface area contributed by atoms with Crippen molar-refractivity contribution in [2.75, 3.05) is 19.6 Å². The summed E-state index contributed by atoms with van der Waals surface area (Å²) in [6.07, 6.45) is 0.241. The molecule has 2 N–H and O–H groups in total. The summed E-state index contributed by atoms with van der Waals surface area (Å²) < 4.78 is 0. The van der Waals surface area contributed by atoms with E-state index in [1.807, 2.05) is 0 Å². The van der Waals surface area contributed by atoms with E-state index in [0.717, 1.165) is 19.6 Å². The Morgan fingerprint density at radius 1 is 1.62 bits per heavy atom. The highest BCUT2D eigenvalue weighted by molar-refractivity contribution is 5.67. The first-order chi connectivity index (χ1) is 6.15. The summed E-state index contributed by atoms with van der Waals surface area (Å²) in [4.78, 5) is 12.8. The Labute approximate surface area is 78.9 Å². The molecule has 76 valence electrons. The molecule has 1 heterocycles. The molecule has 1 aliphatic rings. The minimum Gasteiger partial charge on any atom is -0.481 e. The van der Waals surface area contributed by atoms with Crippen molar-refractivity contribution in [1.82, 2.24) is 10.2 Å². The van der Waals surface area contributed by atoms with Crippen LogP contribution in [0.2, 0.25) is 0 Å². The van der Waals surface area contributed by atoms with Crippen molar-refractivity contribution in [3.05, 3.63) is 0 Å². The SMILES string of the molecule is CCN1C(C)CNCC1CC(=O)O. The predicted molar refractivity (Wildman–Crippen MR) is 50.8 cm³/mol. The van der Waals surface area contributed by atoms with Gasteiger partial charge >= 0.3 is 5.97 Å². The van der Waals surface area contributed by atoms with Crippen LogP contribution in [0.1, 0.15) is 20.3 Å². The van der Waals surface area contributed by atoms with E-state index in [1.165, 1.54) is 0 Å². The summed E-state index contributed by atoms with van der Waals surface area (Å²) in [5, 5.41) is 12.0. The lowest BCUT2D eigenvalue weighted by atomic mass is 10.1. The normalized spacial score (nSPS) is 30.3. The summed E-state index contributed by atoms with van der Waals surface area (Å²) in [5.41, 5.74) is 0. The second kappa shape index (κ2) is 4.58. The van der Waals surface area contributed by atoms with E-state index in [0.29, 0.717) is 6.04 Å². The average Bonchev–Trinajstić information content (AvgIpc) is 2.03. The van der Waals surface area contributed by atoms with Crippen molar-refractivity contribution in [3.8, 4) is 0 Å². The maximum atomic E-state index is 10.6. The molecule has 0 aromatic carbocycles. The first-order valence-corrected chi connectivity index (χ1v) is 4.83. The fourth-order valence-corrected chi connectivity index (χ4v) is 2.01. The highest BCUT2D eigenvalue weighted by atomic mass is 16.4. The van der Waals surface area contributed by atoms with E-state index in [-0.39, 0.29) is 12.5 Å². The summed E-state index contributed by atoms with van der Waals surface area (Å²) in [7, 11) is 0. The number of piperazine rings is 1. The Bertz CT molecular complexity index is 184. The highest BCUT2D eigenvalue weighted by Crippen LogP contribution is 2.12. The zero-order chi connectivity index (χ0) is 9.84. The lowest BCUT2D eigenvalue weighted by molar-refractivity contribution is -0.138. The van der Waals surface area contributed by atoms with Crippen LogP contribution in [-0.2, 0) is 4.79 Å². The number of hydrogen-bond acceptors (Lipinski definition) is 3. The number of nitrogens with zero attached hydrogens (tertiary/aromatic N) is 1. The molecule has 1 rings (SSSR count). The van der Waals surface area contributed by atoms with Gasteiger partial charge in [-0.1, -0.05) is 6.92 Å². The van der Waals surface area contributed by atoms with E-state index < -0.39 is 5.97 Å². The average molecular weight is 186 g/mol. The predicted octanol–water partition coefficient (Wildman–Crippen LogP) is 0.143. The number of aliphatic carboxylic acids is 1. The van der Waals surface area contributed by atoms with Gasteiger partial charge in [-0.25, -0.2) is 0 Å². The summed E-state index contributed by atoms with van der Waals surface area (Å²) in [6, 6.07) is 0.606. The number of rotatable bonds is 3. The van der Waals surface area contributed by atoms with Gasteiger partial charge in [0.1, 0.15) is 0 Å². The van der Waals surface area contributed by atoms with E-state index in [4.69, 9.17) is 5.11 Å². The van der Waals surface area contributed by atoms with Crippen molar-refractivity contribution in [3.63, 3.8) is 0 Å². The van der Waals surface area contributed by atoms with Gasteiger partial charge in [0.15, 0.2) is 0 Å². The van der Waals surface area contributed by atoms with E-state index >= 15 is 0 Å². The molecule has 4 heteroatoms. The van der Waals surface area contributed by atoms with Crippen molar-refractivity contribution in [2.45, 2.75) is 32.4 Å². The largest absolute Gasteiger partial charge is 0.481 e. The molecule has 4 nitrogen and oxygen atoms in total. The van der Waals surface area contributed by atoms with Gasteiger partial charge in [-0.3, -0.25) is 9.69 Å².